The Morgan fingerprint density at radius 3 is 2.33 bits per heavy atom. The zero-order chi connectivity index (χ0) is 17.4. The summed E-state index contributed by atoms with van der Waals surface area (Å²) >= 11 is 0. The van der Waals surface area contributed by atoms with E-state index in [1.165, 1.54) is 0 Å². The van der Waals surface area contributed by atoms with Gasteiger partial charge in [-0.25, -0.2) is 13.4 Å². The van der Waals surface area contributed by atoms with Crippen molar-refractivity contribution < 1.29 is 8.42 Å². The number of hydrogen-bond donors (Lipinski definition) is 1. The van der Waals surface area contributed by atoms with E-state index in [1.54, 1.807) is 12.3 Å². The van der Waals surface area contributed by atoms with Crippen LogP contribution in [0, 0.1) is 0 Å². The minimum atomic E-state index is -3.38. The molecule has 0 saturated carbocycles. The third kappa shape index (κ3) is 5.53. The fourth-order valence-corrected chi connectivity index (χ4v) is 3.61. The molecule has 1 heterocycles. The highest BCUT2D eigenvalue weighted by Gasteiger charge is 2.11. The van der Waals surface area contributed by atoms with Gasteiger partial charge in [0.2, 0.25) is 10.0 Å². The molecule has 5 nitrogen and oxygen atoms in total. The third-order valence-electron chi connectivity index (χ3n) is 3.86. The highest BCUT2D eigenvalue weighted by molar-refractivity contribution is 7.92. The van der Waals surface area contributed by atoms with Crippen molar-refractivity contribution in [3.63, 3.8) is 0 Å². The highest BCUT2D eigenvalue weighted by atomic mass is 32.2. The molecule has 0 bridgehead atoms. The molecule has 6 heteroatoms. The molecule has 0 aliphatic rings. The van der Waals surface area contributed by atoms with E-state index < -0.39 is 10.0 Å². The predicted molar refractivity (Wildman–Crippen MR) is 100.0 cm³/mol. The van der Waals surface area contributed by atoms with Gasteiger partial charge < -0.3 is 4.90 Å². The lowest BCUT2D eigenvalue weighted by atomic mass is 10.1. The van der Waals surface area contributed by atoms with E-state index >= 15 is 0 Å². The monoisotopic (exact) mass is 347 g/mol. The standard InChI is InChI=1S/C18H25N3O2S/c1-3-21(4-2)17-12-13-18(19-15-17)20-24(22,23)14-8-11-16-9-6-5-7-10-16/h5-7,9-10,12-13,15H,3-4,8,11,14H2,1-2H3,(H,19,20). The highest BCUT2D eigenvalue weighted by Crippen LogP contribution is 2.16. The minimum absolute atomic E-state index is 0.0847. The van der Waals surface area contributed by atoms with Crippen LogP contribution in [0.4, 0.5) is 11.5 Å². The number of nitrogens with zero attached hydrogens (tertiary/aromatic N) is 2. The topological polar surface area (TPSA) is 62.3 Å². The van der Waals surface area contributed by atoms with Gasteiger partial charge in [0.15, 0.2) is 0 Å². The first kappa shape index (κ1) is 18.3. The second kappa shape index (κ2) is 8.68. The van der Waals surface area contributed by atoms with Crippen LogP contribution in [-0.4, -0.2) is 32.2 Å². The van der Waals surface area contributed by atoms with Gasteiger partial charge in [0.05, 0.1) is 17.6 Å². The SMILES string of the molecule is CCN(CC)c1ccc(NS(=O)(=O)CCCc2ccccc2)nc1. The number of aromatic nitrogens is 1. The van der Waals surface area contributed by atoms with Crippen molar-refractivity contribution in [1.82, 2.24) is 4.98 Å². The largest absolute Gasteiger partial charge is 0.371 e. The number of rotatable bonds is 9. The molecule has 0 amide bonds. The van der Waals surface area contributed by atoms with E-state index in [9.17, 15) is 8.42 Å². The first-order chi connectivity index (χ1) is 11.5. The summed E-state index contributed by atoms with van der Waals surface area (Å²) in [6.07, 6.45) is 3.03. The summed E-state index contributed by atoms with van der Waals surface area (Å²) in [5.74, 6) is 0.451. The van der Waals surface area contributed by atoms with Gasteiger partial charge >= 0.3 is 0 Å². The Morgan fingerprint density at radius 1 is 1.04 bits per heavy atom. The van der Waals surface area contributed by atoms with Gasteiger partial charge in [-0.2, -0.15) is 0 Å². The van der Waals surface area contributed by atoms with E-state index in [0.717, 1.165) is 30.8 Å². The molecule has 2 aromatic rings. The number of sulfonamides is 1. The molecule has 0 atom stereocenters. The van der Waals surface area contributed by atoms with E-state index in [-0.39, 0.29) is 5.75 Å². The molecule has 130 valence electrons. The number of anilines is 2. The summed E-state index contributed by atoms with van der Waals surface area (Å²) in [5, 5.41) is 0. The molecule has 0 fully saturated rings. The van der Waals surface area contributed by atoms with Gasteiger partial charge in [-0.1, -0.05) is 30.3 Å². The van der Waals surface area contributed by atoms with Crippen LogP contribution >= 0.6 is 0 Å². The van der Waals surface area contributed by atoms with Crippen LogP contribution in [0.1, 0.15) is 25.8 Å². The number of aryl methyl sites for hydroxylation is 1. The van der Waals surface area contributed by atoms with Gasteiger partial charge in [-0.05, 0) is 44.4 Å². The van der Waals surface area contributed by atoms with Crippen LogP contribution in [-0.2, 0) is 16.4 Å². The zero-order valence-corrected chi connectivity index (χ0v) is 15.1. The van der Waals surface area contributed by atoms with E-state index in [2.05, 4.69) is 28.5 Å². The molecule has 0 aliphatic carbocycles. The van der Waals surface area contributed by atoms with Crippen molar-refractivity contribution in [2.24, 2.45) is 0 Å². The molecule has 24 heavy (non-hydrogen) atoms. The van der Waals surface area contributed by atoms with Crippen LogP contribution in [0.15, 0.2) is 48.7 Å². The van der Waals surface area contributed by atoms with E-state index in [0.29, 0.717) is 12.2 Å². The number of benzene rings is 1. The lowest BCUT2D eigenvalue weighted by molar-refractivity contribution is 0.598. The van der Waals surface area contributed by atoms with Crippen molar-refractivity contribution >= 4 is 21.5 Å². The first-order valence-corrected chi connectivity index (χ1v) is 9.94. The van der Waals surface area contributed by atoms with Gasteiger partial charge in [0.25, 0.3) is 0 Å². The van der Waals surface area contributed by atoms with Gasteiger partial charge in [0, 0.05) is 13.1 Å². The maximum Gasteiger partial charge on any atom is 0.233 e. The molecule has 0 unspecified atom stereocenters. The summed E-state index contributed by atoms with van der Waals surface area (Å²) in [6, 6.07) is 13.5. The Balaban J connectivity index is 1.89. The Labute approximate surface area is 144 Å². The third-order valence-corrected chi connectivity index (χ3v) is 5.20. The fraction of sp³-hybridized carbons (Fsp3) is 0.389. The van der Waals surface area contributed by atoms with Gasteiger partial charge in [-0.3, -0.25) is 4.72 Å². The Hall–Kier alpha value is -2.08. The average Bonchev–Trinajstić information content (AvgIpc) is 2.58. The van der Waals surface area contributed by atoms with Gasteiger partial charge in [0.1, 0.15) is 5.82 Å². The molecule has 0 spiro atoms. The minimum Gasteiger partial charge on any atom is -0.371 e. The molecular weight excluding hydrogens is 322 g/mol. The van der Waals surface area contributed by atoms with Crippen molar-refractivity contribution in [3.05, 3.63) is 54.2 Å². The smallest absolute Gasteiger partial charge is 0.233 e. The quantitative estimate of drug-likeness (QED) is 0.756. The van der Waals surface area contributed by atoms with E-state index in [1.807, 2.05) is 36.4 Å². The summed E-state index contributed by atoms with van der Waals surface area (Å²) in [5.41, 5.74) is 2.14. The summed E-state index contributed by atoms with van der Waals surface area (Å²) < 4.78 is 26.9. The van der Waals surface area contributed by atoms with Crippen molar-refractivity contribution in [2.75, 3.05) is 28.5 Å². The summed E-state index contributed by atoms with van der Waals surface area (Å²) in [7, 11) is -3.38. The Kier molecular flexibility index (Phi) is 6.61. The molecule has 0 aliphatic heterocycles. The predicted octanol–water partition coefficient (Wildman–Crippen LogP) is 3.30. The zero-order valence-electron chi connectivity index (χ0n) is 14.3. The van der Waals surface area contributed by atoms with Crippen molar-refractivity contribution in [1.29, 1.82) is 0 Å². The number of nitrogens with one attached hydrogen (secondary N) is 1. The van der Waals surface area contributed by atoms with Crippen LogP contribution in [0.25, 0.3) is 0 Å². The molecule has 1 aromatic heterocycles. The summed E-state index contributed by atoms with van der Waals surface area (Å²) in [4.78, 5) is 6.37. The lowest BCUT2D eigenvalue weighted by Gasteiger charge is -2.20. The number of pyridine rings is 1. The molecule has 0 radical (unpaired) electrons. The maximum atomic E-state index is 12.2. The molecule has 1 N–H and O–H groups in total. The summed E-state index contributed by atoms with van der Waals surface area (Å²) in [6.45, 7) is 5.94. The number of hydrogen-bond acceptors (Lipinski definition) is 4. The second-order valence-electron chi connectivity index (χ2n) is 5.58. The van der Waals surface area contributed by atoms with Crippen molar-refractivity contribution in [3.8, 4) is 0 Å². The Bertz CT molecular complexity index is 712. The second-order valence-corrected chi connectivity index (χ2v) is 7.43. The Morgan fingerprint density at radius 2 is 1.75 bits per heavy atom. The molecule has 2 rings (SSSR count). The van der Waals surface area contributed by atoms with Crippen LogP contribution < -0.4 is 9.62 Å². The van der Waals surface area contributed by atoms with E-state index in [4.69, 9.17) is 0 Å². The van der Waals surface area contributed by atoms with Crippen LogP contribution in [0.2, 0.25) is 0 Å². The molecule has 0 saturated heterocycles. The van der Waals surface area contributed by atoms with Crippen molar-refractivity contribution in [2.45, 2.75) is 26.7 Å². The normalized spacial score (nSPS) is 11.2. The molecular formula is C18H25N3O2S. The van der Waals surface area contributed by atoms with Crippen LogP contribution in [0.5, 0.6) is 0 Å². The van der Waals surface area contributed by atoms with Crippen LogP contribution in [0.3, 0.4) is 0 Å². The lowest BCUT2D eigenvalue weighted by Crippen LogP contribution is -2.22. The molecule has 1 aromatic carbocycles. The fourth-order valence-electron chi connectivity index (χ4n) is 2.54. The first-order valence-electron chi connectivity index (χ1n) is 8.29. The van der Waals surface area contributed by atoms with Gasteiger partial charge in [-0.15, -0.1) is 0 Å². The maximum absolute atomic E-state index is 12.2. The average molecular weight is 347 g/mol.